The molecular weight excluding hydrogens is 374 g/mol. The fourth-order valence-electron chi connectivity index (χ4n) is 3.48. The lowest BCUT2D eigenvalue weighted by Crippen LogP contribution is -2.20. The molecule has 0 amide bonds. The fourth-order valence-corrected chi connectivity index (χ4v) is 3.61. The number of hydrogen-bond donors (Lipinski definition) is 0. The third-order valence-electron chi connectivity index (χ3n) is 5.02. The van der Waals surface area contributed by atoms with Gasteiger partial charge in [-0.05, 0) is 50.1 Å². The van der Waals surface area contributed by atoms with Crippen molar-refractivity contribution in [1.82, 2.24) is 29.5 Å². The molecule has 1 aromatic carbocycles. The number of halogens is 1. The van der Waals surface area contributed by atoms with Crippen LogP contribution in [0.3, 0.4) is 0 Å². The summed E-state index contributed by atoms with van der Waals surface area (Å²) in [6.07, 6.45) is 5.99. The lowest BCUT2D eigenvalue weighted by atomic mass is 10.2. The third-order valence-corrected chi connectivity index (χ3v) is 5.27. The van der Waals surface area contributed by atoms with Gasteiger partial charge in [-0.25, -0.2) is 19.5 Å². The van der Waals surface area contributed by atoms with Crippen LogP contribution < -0.4 is 4.90 Å². The van der Waals surface area contributed by atoms with E-state index in [1.54, 1.807) is 16.9 Å². The van der Waals surface area contributed by atoms with Crippen LogP contribution in [-0.4, -0.2) is 42.6 Å². The summed E-state index contributed by atoms with van der Waals surface area (Å²) >= 11 is 5.98. The smallest absolute Gasteiger partial charge is 0.252 e. The van der Waals surface area contributed by atoms with Gasteiger partial charge in [0.2, 0.25) is 5.95 Å². The van der Waals surface area contributed by atoms with Crippen molar-refractivity contribution in [3.63, 3.8) is 0 Å². The predicted molar refractivity (Wildman–Crippen MR) is 108 cm³/mol. The highest BCUT2D eigenvalue weighted by Crippen LogP contribution is 2.25. The minimum Gasteiger partial charge on any atom is -0.341 e. The second-order valence-corrected chi connectivity index (χ2v) is 7.28. The third kappa shape index (κ3) is 2.97. The van der Waals surface area contributed by atoms with Crippen LogP contribution in [0.15, 0.2) is 42.7 Å². The number of fused-ring (bicyclic) bond motifs is 1. The van der Waals surface area contributed by atoms with E-state index in [2.05, 4.69) is 25.0 Å². The summed E-state index contributed by atoms with van der Waals surface area (Å²) in [5.74, 6) is 1.94. The van der Waals surface area contributed by atoms with Gasteiger partial charge in [-0.2, -0.15) is 4.98 Å². The van der Waals surface area contributed by atoms with Gasteiger partial charge in [0.25, 0.3) is 5.78 Å². The molecule has 1 aliphatic rings. The maximum atomic E-state index is 5.98. The van der Waals surface area contributed by atoms with Crippen LogP contribution in [0.5, 0.6) is 0 Å². The second-order valence-electron chi connectivity index (χ2n) is 6.85. The van der Waals surface area contributed by atoms with E-state index in [4.69, 9.17) is 16.6 Å². The van der Waals surface area contributed by atoms with Gasteiger partial charge in [-0.1, -0.05) is 11.6 Å². The zero-order valence-electron chi connectivity index (χ0n) is 15.4. The van der Waals surface area contributed by atoms with Gasteiger partial charge in [-0.3, -0.25) is 0 Å². The first-order valence-electron chi connectivity index (χ1n) is 9.26. The zero-order valence-corrected chi connectivity index (χ0v) is 16.1. The van der Waals surface area contributed by atoms with Crippen LogP contribution >= 0.6 is 11.6 Å². The van der Waals surface area contributed by atoms with Crippen LogP contribution in [0, 0.1) is 6.92 Å². The molecule has 0 bridgehead atoms. The van der Waals surface area contributed by atoms with Gasteiger partial charge in [0, 0.05) is 41.6 Å². The Morgan fingerprint density at radius 1 is 0.964 bits per heavy atom. The standard InChI is InChI=1S/C20H18ClN7/c1-13-16(17-8-9-22-19(24-17)27-10-2-3-11-27)12-23-20-25-18(26-28(13)20)14-4-6-15(21)7-5-14/h4-9,12H,2-3,10-11H2,1H3. The zero-order chi connectivity index (χ0) is 19.1. The number of anilines is 1. The molecule has 0 N–H and O–H groups in total. The lowest BCUT2D eigenvalue weighted by molar-refractivity contribution is 0.887. The summed E-state index contributed by atoms with van der Waals surface area (Å²) in [4.78, 5) is 20.5. The summed E-state index contributed by atoms with van der Waals surface area (Å²) in [5.41, 5.74) is 3.59. The average Bonchev–Trinajstić information content (AvgIpc) is 3.39. The minimum atomic E-state index is 0.556. The molecule has 0 atom stereocenters. The molecule has 28 heavy (non-hydrogen) atoms. The maximum Gasteiger partial charge on any atom is 0.252 e. The van der Waals surface area contributed by atoms with Gasteiger partial charge >= 0.3 is 0 Å². The van der Waals surface area contributed by atoms with E-state index in [1.807, 2.05) is 37.3 Å². The first kappa shape index (κ1) is 17.1. The molecule has 0 aliphatic carbocycles. The molecule has 1 fully saturated rings. The van der Waals surface area contributed by atoms with Crippen LogP contribution in [0.4, 0.5) is 5.95 Å². The summed E-state index contributed by atoms with van der Waals surface area (Å²) in [6.45, 7) is 4.02. The summed E-state index contributed by atoms with van der Waals surface area (Å²) in [6, 6.07) is 9.37. The molecule has 4 aromatic rings. The number of benzene rings is 1. The van der Waals surface area contributed by atoms with Crippen molar-refractivity contribution in [2.45, 2.75) is 19.8 Å². The van der Waals surface area contributed by atoms with E-state index < -0.39 is 0 Å². The number of hydrogen-bond acceptors (Lipinski definition) is 6. The van der Waals surface area contributed by atoms with Gasteiger partial charge < -0.3 is 4.90 Å². The molecule has 1 aliphatic heterocycles. The summed E-state index contributed by atoms with van der Waals surface area (Å²) in [5, 5.41) is 5.33. The molecule has 3 aromatic heterocycles. The van der Waals surface area contributed by atoms with Crippen molar-refractivity contribution in [2.24, 2.45) is 0 Å². The highest BCUT2D eigenvalue weighted by Gasteiger charge is 2.17. The Morgan fingerprint density at radius 3 is 2.54 bits per heavy atom. The van der Waals surface area contributed by atoms with Crippen molar-refractivity contribution in [2.75, 3.05) is 18.0 Å². The molecule has 7 nitrogen and oxygen atoms in total. The Kier molecular flexibility index (Phi) is 4.16. The Hall–Kier alpha value is -3.06. The van der Waals surface area contributed by atoms with Crippen molar-refractivity contribution >= 4 is 23.3 Å². The first-order chi connectivity index (χ1) is 13.7. The second kappa shape index (κ2) is 6.83. The number of rotatable bonds is 3. The van der Waals surface area contributed by atoms with Gasteiger partial charge in [0.15, 0.2) is 5.82 Å². The Balaban J connectivity index is 1.56. The lowest BCUT2D eigenvalue weighted by Gasteiger charge is -2.15. The van der Waals surface area contributed by atoms with Gasteiger partial charge in [0.05, 0.1) is 11.4 Å². The Bertz CT molecular complexity index is 1150. The van der Waals surface area contributed by atoms with Crippen molar-refractivity contribution < 1.29 is 0 Å². The van der Waals surface area contributed by atoms with Crippen molar-refractivity contribution in [3.8, 4) is 22.6 Å². The molecular formula is C20H18ClN7. The molecule has 1 saturated heterocycles. The molecule has 8 heteroatoms. The fraction of sp³-hybridized carbons (Fsp3) is 0.250. The molecule has 0 spiro atoms. The molecule has 0 saturated carbocycles. The largest absolute Gasteiger partial charge is 0.341 e. The summed E-state index contributed by atoms with van der Waals surface area (Å²) < 4.78 is 1.76. The Morgan fingerprint density at radius 2 is 1.75 bits per heavy atom. The molecule has 0 unspecified atom stereocenters. The topological polar surface area (TPSA) is 72.1 Å². The molecule has 4 heterocycles. The predicted octanol–water partition coefficient (Wildman–Crippen LogP) is 3.81. The van der Waals surface area contributed by atoms with Gasteiger partial charge in [0.1, 0.15) is 0 Å². The molecule has 140 valence electrons. The highest BCUT2D eigenvalue weighted by molar-refractivity contribution is 6.30. The van der Waals surface area contributed by atoms with Crippen molar-refractivity contribution in [1.29, 1.82) is 0 Å². The first-order valence-corrected chi connectivity index (χ1v) is 9.63. The normalized spacial score (nSPS) is 14.1. The Labute approximate surface area is 167 Å². The maximum absolute atomic E-state index is 5.98. The van der Waals surface area contributed by atoms with E-state index in [-0.39, 0.29) is 0 Å². The van der Waals surface area contributed by atoms with E-state index in [9.17, 15) is 0 Å². The quantitative estimate of drug-likeness (QED) is 0.528. The summed E-state index contributed by atoms with van der Waals surface area (Å²) in [7, 11) is 0. The van der Waals surface area contributed by atoms with E-state index in [0.29, 0.717) is 16.6 Å². The van der Waals surface area contributed by atoms with Crippen LogP contribution in [0.25, 0.3) is 28.4 Å². The monoisotopic (exact) mass is 391 g/mol. The highest BCUT2D eigenvalue weighted by atomic mass is 35.5. The van der Waals surface area contributed by atoms with Gasteiger partial charge in [-0.15, -0.1) is 5.10 Å². The van der Waals surface area contributed by atoms with E-state index >= 15 is 0 Å². The molecule has 5 rings (SSSR count). The number of nitrogens with zero attached hydrogens (tertiary/aromatic N) is 7. The number of aryl methyl sites for hydroxylation is 1. The molecule has 0 radical (unpaired) electrons. The van der Waals surface area contributed by atoms with Crippen LogP contribution in [0.2, 0.25) is 5.02 Å². The SMILES string of the molecule is Cc1c(-c2ccnc(N3CCCC3)n2)cnc2nc(-c3ccc(Cl)cc3)nn12. The number of aromatic nitrogens is 6. The van der Waals surface area contributed by atoms with Crippen molar-refractivity contribution in [3.05, 3.63) is 53.4 Å². The average molecular weight is 392 g/mol. The van der Waals surface area contributed by atoms with E-state index in [1.165, 1.54) is 12.8 Å². The minimum absolute atomic E-state index is 0.556. The van der Waals surface area contributed by atoms with E-state index in [0.717, 1.165) is 41.6 Å². The van der Waals surface area contributed by atoms with Crippen LogP contribution in [0.1, 0.15) is 18.5 Å². The van der Waals surface area contributed by atoms with Crippen LogP contribution in [-0.2, 0) is 0 Å².